The number of nitrogens with two attached hydrogens (primary N) is 1. The first-order valence-electron chi connectivity index (χ1n) is 4.65. The Hall–Kier alpha value is -1.03. The van der Waals surface area contributed by atoms with Crippen molar-refractivity contribution in [1.82, 2.24) is 0 Å². The molecule has 14 heavy (non-hydrogen) atoms. The smallest absolute Gasteiger partial charge is 0.180 e. The number of unbranched alkanes of at least 4 members (excludes halogenated alkanes) is 1. The monoisotopic (exact) mass is 213 g/mol. The third kappa shape index (κ3) is 2.48. The van der Waals surface area contributed by atoms with Crippen molar-refractivity contribution in [3.63, 3.8) is 0 Å². The maximum atomic E-state index is 11.7. The minimum atomic E-state index is -3.18. The van der Waals surface area contributed by atoms with E-state index < -0.39 is 9.84 Å². The van der Waals surface area contributed by atoms with Crippen molar-refractivity contribution in [3.05, 3.63) is 24.3 Å². The first kappa shape index (κ1) is 11.0. The number of rotatable bonds is 4. The Morgan fingerprint density at radius 3 is 2.50 bits per heavy atom. The molecule has 0 heterocycles. The van der Waals surface area contributed by atoms with Gasteiger partial charge in [0.2, 0.25) is 0 Å². The molecule has 0 radical (unpaired) electrons. The lowest BCUT2D eigenvalue weighted by Gasteiger charge is -2.05. The van der Waals surface area contributed by atoms with Gasteiger partial charge in [0.15, 0.2) is 9.84 Å². The summed E-state index contributed by atoms with van der Waals surface area (Å²) in [5, 5.41) is 0. The zero-order valence-corrected chi connectivity index (χ0v) is 9.05. The molecule has 0 amide bonds. The lowest BCUT2D eigenvalue weighted by Crippen LogP contribution is -2.08. The fourth-order valence-electron chi connectivity index (χ4n) is 1.21. The van der Waals surface area contributed by atoms with Gasteiger partial charge in [0.1, 0.15) is 0 Å². The molecule has 1 aromatic rings. The van der Waals surface area contributed by atoms with E-state index in [0.717, 1.165) is 6.42 Å². The molecule has 0 aliphatic heterocycles. The third-order valence-corrected chi connectivity index (χ3v) is 3.89. The van der Waals surface area contributed by atoms with Crippen LogP contribution in [0.5, 0.6) is 0 Å². The fraction of sp³-hybridized carbons (Fsp3) is 0.400. The van der Waals surface area contributed by atoms with E-state index in [0.29, 0.717) is 12.1 Å². The van der Waals surface area contributed by atoms with E-state index in [1.807, 2.05) is 6.92 Å². The van der Waals surface area contributed by atoms with Gasteiger partial charge in [-0.1, -0.05) is 25.5 Å². The number of benzene rings is 1. The van der Waals surface area contributed by atoms with Crippen LogP contribution in [0.3, 0.4) is 0 Å². The Labute approximate surface area is 84.9 Å². The maximum Gasteiger partial charge on any atom is 0.180 e. The summed E-state index contributed by atoms with van der Waals surface area (Å²) in [5.74, 6) is 0.178. The van der Waals surface area contributed by atoms with Crippen LogP contribution in [0.2, 0.25) is 0 Å². The maximum absolute atomic E-state index is 11.7. The second kappa shape index (κ2) is 4.46. The second-order valence-corrected chi connectivity index (χ2v) is 5.29. The molecule has 1 aromatic carbocycles. The number of anilines is 1. The molecule has 0 saturated heterocycles. The van der Waals surface area contributed by atoms with Gasteiger partial charge in [0.05, 0.1) is 16.3 Å². The summed E-state index contributed by atoms with van der Waals surface area (Å²) in [7, 11) is -3.18. The summed E-state index contributed by atoms with van der Waals surface area (Å²) in [5.41, 5.74) is 5.94. The lowest BCUT2D eigenvalue weighted by atomic mass is 10.3. The van der Waals surface area contributed by atoms with E-state index in [1.54, 1.807) is 24.3 Å². The standard InChI is InChI=1S/C10H15NO2S/c1-2-3-8-14(12,13)10-7-5-4-6-9(10)11/h4-7H,2-3,8,11H2,1H3. The normalized spacial score (nSPS) is 11.5. The van der Waals surface area contributed by atoms with Gasteiger partial charge in [-0.3, -0.25) is 0 Å². The highest BCUT2D eigenvalue weighted by Gasteiger charge is 2.15. The van der Waals surface area contributed by atoms with Gasteiger partial charge in [0, 0.05) is 0 Å². The average Bonchev–Trinajstić information content (AvgIpc) is 2.15. The molecule has 0 unspecified atom stereocenters. The molecule has 4 heteroatoms. The number of hydrogen-bond acceptors (Lipinski definition) is 3. The summed E-state index contributed by atoms with van der Waals surface area (Å²) in [6, 6.07) is 6.59. The Kier molecular flexibility index (Phi) is 3.52. The molecule has 0 bridgehead atoms. The summed E-state index contributed by atoms with van der Waals surface area (Å²) < 4.78 is 23.5. The van der Waals surface area contributed by atoms with Crippen molar-refractivity contribution in [2.75, 3.05) is 11.5 Å². The van der Waals surface area contributed by atoms with E-state index in [2.05, 4.69) is 0 Å². The van der Waals surface area contributed by atoms with Crippen LogP contribution in [0.15, 0.2) is 29.2 Å². The molecule has 2 N–H and O–H groups in total. The van der Waals surface area contributed by atoms with Gasteiger partial charge in [-0.25, -0.2) is 8.42 Å². The summed E-state index contributed by atoms with van der Waals surface area (Å²) in [6.45, 7) is 1.96. The van der Waals surface area contributed by atoms with Gasteiger partial charge in [0.25, 0.3) is 0 Å². The van der Waals surface area contributed by atoms with Crippen LogP contribution in [0, 0.1) is 0 Å². The third-order valence-electron chi connectivity index (χ3n) is 2.02. The Bertz CT molecular complexity index is 398. The Morgan fingerprint density at radius 1 is 1.29 bits per heavy atom. The van der Waals surface area contributed by atoms with Crippen molar-refractivity contribution in [2.24, 2.45) is 0 Å². The molecule has 0 aliphatic rings. The van der Waals surface area contributed by atoms with Crippen LogP contribution < -0.4 is 5.73 Å². The highest BCUT2D eigenvalue weighted by Crippen LogP contribution is 2.19. The molecule has 0 atom stereocenters. The second-order valence-electron chi connectivity index (χ2n) is 3.21. The molecular formula is C10H15NO2S. The summed E-state index contributed by atoms with van der Waals surface area (Å²) in [6.07, 6.45) is 1.54. The molecule has 1 rings (SSSR count). The van der Waals surface area contributed by atoms with Crippen molar-refractivity contribution >= 4 is 15.5 Å². The van der Waals surface area contributed by atoms with E-state index in [1.165, 1.54) is 0 Å². The van der Waals surface area contributed by atoms with Crippen molar-refractivity contribution in [3.8, 4) is 0 Å². The summed E-state index contributed by atoms with van der Waals surface area (Å²) in [4.78, 5) is 0.258. The predicted octanol–water partition coefficient (Wildman–Crippen LogP) is 1.84. The van der Waals surface area contributed by atoms with Crippen LogP contribution in [0.4, 0.5) is 5.69 Å². The number of hydrogen-bond donors (Lipinski definition) is 1. The zero-order valence-electron chi connectivity index (χ0n) is 8.23. The Morgan fingerprint density at radius 2 is 1.93 bits per heavy atom. The first-order valence-corrected chi connectivity index (χ1v) is 6.30. The van der Waals surface area contributed by atoms with Crippen LogP contribution >= 0.6 is 0 Å². The lowest BCUT2D eigenvalue weighted by molar-refractivity contribution is 0.593. The number of para-hydroxylation sites is 1. The van der Waals surface area contributed by atoms with Gasteiger partial charge in [-0.15, -0.1) is 0 Å². The van der Waals surface area contributed by atoms with Crippen molar-refractivity contribution in [1.29, 1.82) is 0 Å². The fourth-order valence-corrected chi connectivity index (χ4v) is 2.81. The Balaban J connectivity index is 2.99. The van der Waals surface area contributed by atoms with Crippen molar-refractivity contribution in [2.45, 2.75) is 24.7 Å². The van der Waals surface area contributed by atoms with Crippen LogP contribution in [-0.2, 0) is 9.84 Å². The summed E-state index contributed by atoms with van der Waals surface area (Å²) >= 11 is 0. The highest BCUT2D eigenvalue weighted by atomic mass is 32.2. The van der Waals surface area contributed by atoms with Gasteiger partial charge < -0.3 is 5.73 Å². The molecule has 0 saturated carbocycles. The highest BCUT2D eigenvalue weighted by molar-refractivity contribution is 7.91. The topological polar surface area (TPSA) is 60.2 Å². The largest absolute Gasteiger partial charge is 0.398 e. The SMILES string of the molecule is CCCCS(=O)(=O)c1ccccc1N. The van der Waals surface area contributed by atoms with Crippen LogP contribution in [0.25, 0.3) is 0 Å². The molecule has 78 valence electrons. The predicted molar refractivity (Wildman–Crippen MR) is 57.8 cm³/mol. The van der Waals surface area contributed by atoms with Crippen molar-refractivity contribution < 1.29 is 8.42 Å². The van der Waals surface area contributed by atoms with Crippen LogP contribution in [-0.4, -0.2) is 14.2 Å². The van der Waals surface area contributed by atoms with E-state index >= 15 is 0 Å². The van der Waals surface area contributed by atoms with Gasteiger partial charge in [-0.2, -0.15) is 0 Å². The number of sulfone groups is 1. The molecule has 0 spiro atoms. The molecule has 3 nitrogen and oxygen atoms in total. The van der Waals surface area contributed by atoms with E-state index in [4.69, 9.17) is 5.73 Å². The first-order chi connectivity index (χ1) is 6.58. The molecule has 0 fully saturated rings. The minimum Gasteiger partial charge on any atom is -0.398 e. The zero-order chi connectivity index (χ0) is 10.6. The molecule has 0 aliphatic carbocycles. The molecular weight excluding hydrogens is 198 g/mol. The van der Waals surface area contributed by atoms with Crippen LogP contribution in [0.1, 0.15) is 19.8 Å². The minimum absolute atomic E-state index is 0.178. The van der Waals surface area contributed by atoms with E-state index in [-0.39, 0.29) is 10.6 Å². The number of nitrogen functional groups attached to an aromatic ring is 1. The van der Waals surface area contributed by atoms with Gasteiger partial charge >= 0.3 is 0 Å². The van der Waals surface area contributed by atoms with Gasteiger partial charge in [-0.05, 0) is 18.6 Å². The average molecular weight is 213 g/mol. The van der Waals surface area contributed by atoms with E-state index in [9.17, 15) is 8.42 Å². The quantitative estimate of drug-likeness (QED) is 0.776. The molecule has 0 aromatic heterocycles.